The largest absolute Gasteiger partial charge is 0.444 e. The van der Waals surface area contributed by atoms with Gasteiger partial charge in [0.15, 0.2) is 0 Å². The van der Waals surface area contributed by atoms with Gasteiger partial charge in [-0.1, -0.05) is 13.8 Å². The van der Waals surface area contributed by atoms with E-state index >= 15 is 0 Å². The van der Waals surface area contributed by atoms with Gasteiger partial charge < -0.3 is 19.4 Å². The SMILES string of the molecule is C[C@H]1CN(c2ncnc3c2C(C)(C)CN3c2cc(C#N)ccn2)[C@@H](C)CN1C(=O)OC(C)(C)C. The van der Waals surface area contributed by atoms with Gasteiger partial charge in [0.1, 0.15) is 29.4 Å². The highest BCUT2D eigenvalue weighted by Gasteiger charge is 2.44. The van der Waals surface area contributed by atoms with E-state index in [0.717, 1.165) is 17.2 Å². The van der Waals surface area contributed by atoms with E-state index in [-0.39, 0.29) is 23.6 Å². The van der Waals surface area contributed by atoms with Crippen molar-refractivity contribution >= 4 is 23.5 Å². The van der Waals surface area contributed by atoms with Crippen molar-refractivity contribution in [2.24, 2.45) is 0 Å². The van der Waals surface area contributed by atoms with Crippen molar-refractivity contribution in [3.8, 4) is 6.07 Å². The van der Waals surface area contributed by atoms with Gasteiger partial charge in [0.25, 0.3) is 0 Å². The third-order valence-corrected chi connectivity index (χ3v) is 6.33. The Hall–Kier alpha value is -3.41. The third-order valence-electron chi connectivity index (χ3n) is 6.33. The Morgan fingerprint density at radius 1 is 1.15 bits per heavy atom. The summed E-state index contributed by atoms with van der Waals surface area (Å²) in [5.41, 5.74) is 0.853. The molecule has 1 amide bonds. The lowest BCUT2D eigenvalue weighted by atomic mass is 9.87. The smallest absolute Gasteiger partial charge is 0.410 e. The molecule has 0 aromatic carbocycles. The number of anilines is 3. The predicted octanol–water partition coefficient (Wildman–Crippen LogP) is 4.01. The summed E-state index contributed by atoms with van der Waals surface area (Å²) in [5, 5.41) is 9.33. The van der Waals surface area contributed by atoms with Crippen LogP contribution in [0.3, 0.4) is 0 Å². The van der Waals surface area contributed by atoms with Crippen LogP contribution in [0.1, 0.15) is 59.6 Å². The number of ether oxygens (including phenoxy) is 1. The minimum Gasteiger partial charge on any atom is -0.444 e. The maximum Gasteiger partial charge on any atom is 0.410 e. The molecule has 34 heavy (non-hydrogen) atoms. The average Bonchev–Trinajstić information content (AvgIpc) is 3.05. The number of nitriles is 1. The molecule has 0 saturated carbocycles. The summed E-state index contributed by atoms with van der Waals surface area (Å²) in [7, 11) is 0. The fourth-order valence-electron chi connectivity index (χ4n) is 4.77. The number of fused-ring (bicyclic) bond motifs is 1. The molecule has 9 heteroatoms. The van der Waals surface area contributed by atoms with E-state index in [0.29, 0.717) is 31.0 Å². The van der Waals surface area contributed by atoms with Gasteiger partial charge in [-0.3, -0.25) is 0 Å². The van der Waals surface area contributed by atoms with Gasteiger partial charge >= 0.3 is 6.09 Å². The zero-order valence-corrected chi connectivity index (χ0v) is 21.0. The molecule has 2 aromatic heterocycles. The first-order valence-electron chi connectivity index (χ1n) is 11.7. The first-order valence-corrected chi connectivity index (χ1v) is 11.7. The Morgan fingerprint density at radius 3 is 2.53 bits per heavy atom. The van der Waals surface area contributed by atoms with Crippen LogP contribution in [-0.4, -0.2) is 63.3 Å². The predicted molar refractivity (Wildman–Crippen MR) is 130 cm³/mol. The Labute approximate surface area is 201 Å². The summed E-state index contributed by atoms with van der Waals surface area (Å²) in [6.45, 7) is 16.0. The molecule has 0 bridgehead atoms. The van der Waals surface area contributed by atoms with E-state index in [4.69, 9.17) is 9.72 Å². The molecular weight excluding hydrogens is 430 g/mol. The number of carbonyl (C=O) groups excluding carboxylic acids is 1. The first kappa shape index (κ1) is 23.7. The van der Waals surface area contributed by atoms with Crippen LogP contribution in [0, 0.1) is 11.3 Å². The molecule has 4 rings (SSSR count). The fraction of sp³-hybridized carbons (Fsp3) is 0.560. The van der Waals surface area contributed by atoms with Crippen molar-refractivity contribution < 1.29 is 9.53 Å². The summed E-state index contributed by atoms with van der Waals surface area (Å²) in [4.78, 5) is 32.8. The molecule has 4 heterocycles. The minimum absolute atomic E-state index is 0.0359. The highest BCUT2D eigenvalue weighted by atomic mass is 16.6. The molecule has 0 radical (unpaired) electrons. The Balaban J connectivity index is 1.67. The topological polar surface area (TPSA) is 98.5 Å². The van der Waals surface area contributed by atoms with E-state index < -0.39 is 5.60 Å². The second-order valence-electron chi connectivity index (χ2n) is 10.9. The zero-order chi connectivity index (χ0) is 24.8. The number of rotatable bonds is 2. The fourth-order valence-corrected chi connectivity index (χ4v) is 4.77. The lowest BCUT2D eigenvalue weighted by Gasteiger charge is -2.45. The summed E-state index contributed by atoms with van der Waals surface area (Å²) in [5.74, 6) is 2.40. The molecule has 2 atom stereocenters. The van der Waals surface area contributed by atoms with Crippen molar-refractivity contribution in [3.63, 3.8) is 0 Å². The molecule has 9 nitrogen and oxygen atoms in total. The minimum atomic E-state index is -0.533. The van der Waals surface area contributed by atoms with Crippen LogP contribution in [0.4, 0.5) is 22.2 Å². The molecule has 0 spiro atoms. The number of nitrogens with zero attached hydrogens (tertiary/aromatic N) is 7. The van der Waals surface area contributed by atoms with Crippen molar-refractivity contribution in [2.45, 2.75) is 71.6 Å². The van der Waals surface area contributed by atoms with Crippen LogP contribution >= 0.6 is 0 Å². The lowest BCUT2D eigenvalue weighted by Crippen LogP contribution is -2.59. The number of pyridine rings is 1. The van der Waals surface area contributed by atoms with Gasteiger partial charge in [-0.25, -0.2) is 19.7 Å². The molecule has 2 aliphatic heterocycles. The van der Waals surface area contributed by atoms with E-state index in [1.165, 1.54) is 0 Å². The third kappa shape index (κ3) is 4.37. The number of piperazine rings is 1. The summed E-state index contributed by atoms with van der Waals surface area (Å²) in [6.07, 6.45) is 2.96. The average molecular weight is 464 g/mol. The van der Waals surface area contributed by atoms with Crippen LogP contribution in [0.2, 0.25) is 0 Å². The van der Waals surface area contributed by atoms with Gasteiger partial charge in [0.05, 0.1) is 11.6 Å². The molecule has 1 saturated heterocycles. The standard InChI is InChI=1S/C25H33N7O2/c1-16-13-31(23(33)34-24(3,4)5)17(2)12-30(16)21-20-22(29-15-28-21)32(14-25(20,6)7)19-10-18(11-26)8-9-27-19/h8-10,15-17H,12-14H2,1-7H3/t16-,17-/m0/s1. The van der Waals surface area contributed by atoms with Crippen molar-refractivity contribution in [3.05, 3.63) is 35.8 Å². The van der Waals surface area contributed by atoms with Crippen LogP contribution in [0.25, 0.3) is 0 Å². The maximum atomic E-state index is 12.8. The van der Waals surface area contributed by atoms with Crippen LogP contribution < -0.4 is 9.80 Å². The highest BCUT2D eigenvalue weighted by Crippen LogP contribution is 2.46. The molecule has 0 aliphatic carbocycles. The number of hydrogen-bond donors (Lipinski definition) is 0. The first-order chi connectivity index (χ1) is 15.9. The molecule has 180 valence electrons. The molecule has 2 aromatic rings. The quantitative estimate of drug-likeness (QED) is 0.659. The molecular formula is C25H33N7O2. The van der Waals surface area contributed by atoms with Gasteiger partial charge in [0, 0.05) is 48.9 Å². The number of amides is 1. The van der Waals surface area contributed by atoms with Crippen molar-refractivity contribution in [1.82, 2.24) is 19.9 Å². The normalized spacial score (nSPS) is 21.8. The van der Waals surface area contributed by atoms with Gasteiger partial charge in [-0.15, -0.1) is 0 Å². The molecule has 0 unspecified atom stereocenters. The Bertz CT molecular complexity index is 1130. The monoisotopic (exact) mass is 463 g/mol. The summed E-state index contributed by atoms with van der Waals surface area (Å²) < 4.78 is 5.63. The van der Waals surface area contributed by atoms with E-state index in [2.05, 4.69) is 46.6 Å². The lowest BCUT2D eigenvalue weighted by molar-refractivity contribution is 0.0129. The molecule has 2 aliphatic rings. The molecule has 1 fully saturated rings. The second kappa shape index (κ2) is 8.42. The van der Waals surface area contributed by atoms with Crippen molar-refractivity contribution in [2.75, 3.05) is 29.4 Å². The maximum absolute atomic E-state index is 12.8. The number of aromatic nitrogens is 3. The van der Waals surface area contributed by atoms with Crippen LogP contribution in [0.15, 0.2) is 24.7 Å². The molecule has 0 N–H and O–H groups in total. The zero-order valence-electron chi connectivity index (χ0n) is 21.0. The highest BCUT2D eigenvalue weighted by molar-refractivity contribution is 5.74. The van der Waals surface area contributed by atoms with Gasteiger partial charge in [0.2, 0.25) is 0 Å². The Kier molecular flexibility index (Phi) is 5.88. The van der Waals surface area contributed by atoms with Crippen molar-refractivity contribution in [1.29, 1.82) is 5.26 Å². The Morgan fingerprint density at radius 2 is 1.85 bits per heavy atom. The number of hydrogen-bond acceptors (Lipinski definition) is 8. The summed E-state index contributed by atoms with van der Waals surface area (Å²) >= 11 is 0. The van der Waals surface area contributed by atoms with Crippen LogP contribution in [0.5, 0.6) is 0 Å². The van der Waals surface area contributed by atoms with E-state index in [1.54, 1.807) is 24.7 Å². The van der Waals surface area contributed by atoms with E-state index in [9.17, 15) is 10.1 Å². The van der Waals surface area contributed by atoms with Gasteiger partial charge in [-0.2, -0.15) is 5.26 Å². The second-order valence-corrected chi connectivity index (χ2v) is 10.9. The summed E-state index contributed by atoms with van der Waals surface area (Å²) in [6, 6.07) is 5.69. The van der Waals surface area contributed by atoms with Gasteiger partial charge in [-0.05, 0) is 46.8 Å². The van der Waals surface area contributed by atoms with Crippen LogP contribution in [-0.2, 0) is 10.2 Å². The number of carbonyl (C=O) groups is 1. The van der Waals surface area contributed by atoms with E-state index in [1.807, 2.05) is 32.6 Å².